The summed E-state index contributed by atoms with van der Waals surface area (Å²) in [7, 11) is -3.75. The van der Waals surface area contributed by atoms with E-state index in [-0.39, 0.29) is 35.5 Å². The number of quaternary nitrogens is 1. The number of halogens is 1. The highest BCUT2D eigenvalue weighted by atomic mass is 35.5. The standard InChI is InChI=1S/C17H20ClN3O5S/c18-15-4-3-13(20-17(22)12-19-11-14-2-1-7-26-14)10-16(15)27(23,24)21-5-8-25-9-6-21/h1-4,7,10,19H,5-6,8-9,11-12H2,(H,20,22)/p+1. The van der Waals surface area contributed by atoms with Crippen molar-refractivity contribution in [1.82, 2.24) is 4.31 Å². The number of nitrogens with one attached hydrogen (secondary N) is 1. The molecule has 27 heavy (non-hydrogen) atoms. The highest BCUT2D eigenvalue weighted by Crippen LogP contribution is 2.28. The van der Waals surface area contributed by atoms with Gasteiger partial charge < -0.3 is 19.8 Å². The molecule has 1 saturated heterocycles. The third kappa shape index (κ3) is 5.08. The Kier molecular flexibility index (Phi) is 6.51. The Morgan fingerprint density at radius 1 is 1.26 bits per heavy atom. The Bertz CT molecular complexity index is 880. The van der Waals surface area contributed by atoms with Crippen LogP contribution in [0.5, 0.6) is 0 Å². The molecule has 0 bridgehead atoms. The van der Waals surface area contributed by atoms with Crippen molar-refractivity contribution in [1.29, 1.82) is 0 Å². The number of sulfonamides is 1. The average Bonchev–Trinajstić information content (AvgIpc) is 3.17. The largest absolute Gasteiger partial charge is 0.463 e. The molecule has 1 amide bonds. The summed E-state index contributed by atoms with van der Waals surface area (Å²) in [5.74, 6) is 0.520. The molecule has 3 N–H and O–H groups in total. The van der Waals surface area contributed by atoms with Gasteiger partial charge in [0.2, 0.25) is 10.0 Å². The third-order valence-electron chi connectivity index (χ3n) is 4.06. The van der Waals surface area contributed by atoms with E-state index in [0.717, 1.165) is 5.76 Å². The molecular weight excluding hydrogens is 394 g/mol. The number of anilines is 1. The number of nitrogens with zero attached hydrogens (tertiary/aromatic N) is 1. The smallest absolute Gasteiger partial charge is 0.279 e. The quantitative estimate of drug-likeness (QED) is 0.692. The fourth-order valence-corrected chi connectivity index (χ4v) is 4.60. The van der Waals surface area contributed by atoms with Gasteiger partial charge in [0.25, 0.3) is 5.91 Å². The predicted octanol–water partition coefficient (Wildman–Crippen LogP) is 0.656. The zero-order valence-electron chi connectivity index (χ0n) is 14.6. The van der Waals surface area contributed by atoms with E-state index >= 15 is 0 Å². The third-order valence-corrected chi connectivity index (χ3v) is 6.44. The first kappa shape index (κ1) is 19.8. The van der Waals surface area contributed by atoms with Gasteiger partial charge in [0.15, 0.2) is 12.3 Å². The molecule has 1 fully saturated rings. The van der Waals surface area contributed by atoms with Gasteiger partial charge >= 0.3 is 0 Å². The summed E-state index contributed by atoms with van der Waals surface area (Å²) in [6.45, 7) is 1.96. The van der Waals surface area contributed by atoms with Gasteiger partial charge in [0.05, 0.1) is 24.5 Å². The second-order valence-corrected chi connectivity index (χ2v) is 8.30. The number of ether oxygens (including phenoxy) is 1. The van der Waals surface area contributed by atoms with Gasteiger partial charge in [-0.15, -0.1) is 0 Å². The lowest BCUT2D eigenvalue weighted by molar-refractivity contribution is -0.661. The highest BCUT2D eigenvalue weighted by Gasteiger charge is 2.28. The second-order valence-electron chi connectivity index (χ2n) is 5.99. The van der Waals surface area contributed by atoms with Gasteiger partial charge in [-0.2, -0.15) is 4.31 Å². The van der Waals surface area contributed by atoms with Crippen molar-refractivity contribution in [3.63, 3.8) is 0 Å². The lowest BCUT2D eigenvalue weighted by atomic mass is 10.3. The molecule has 0 atom stereocenters. The minimum absolute atomic E-state index is 0.0246. The van der Waals surface area contributed by atoms with Crippen LogP contribution in [0.15, 0.2) is 45.9 Å². The molecule has 2 aromatic rings. The monoisotopic (exact) mass is 414 g/mol. The molecule has 8 nitrogen and oxygen atoms in total. The molecule has 0 aliphatic carbocycles. The Morgan fingerprint density at radius 3 is 2.74 bits per heavy atom. The average molecular weight is 415 g/mol. The molecule has 146 valence electrons. The first-order valence-corrected chi connectivity index (χ1v) is 10.3. The zero-order valence-corrected chi connectivity index (χ0v) is 16.1. The van der Waals surface area contributed by atoms with Crippen LogP contribution in [-0.2, 0) is 26.1 Å². The maximum atomic E-state index is 12.8. The van der Waals surface area contributed by atoms with Crippen molar-refractivity contribution in [2.24, 2.45) is 0 Å². The van der Waals surface area contributed by atoms with E-state index in [2.05, 4.69) is 5.32 Å². The first-order chi connectivity index (χ1) is 13.0. The van der Waals surface area contributed by atoms with Crippen molar-refractivity contribution in [2.45, 2.75) is 11.4 Å². The molecule has 0 saturated carbocycles. The lowest BCUT2D eigenvalue weighted by Gasteiger charge is -2.26. The fraction of sp³-hybridized carbons (Fsp3) is 0.353. The summed E-state index contributed by atoms with van der Waals surface area (Å²) in [6.07, 6.45) is 1.58. The van der Waals surface area contributed by atoms with E-state index < -0.39 is 10.0 Å². The van der Waals surface area contributed by atoms with E-state index in [1.165, 1.54) is 16.4 Å². The highest BCUT2D eigenvalue weighted by molar-refractivity contribution is 7.89. The molecule has 3 rings (SSSR count). The Labute approximate surface area is 162 Å². The lowest BCUT2D eigenvalue weighted by Crippen LogP contribution is -2.84. The van der Waals surface area contributed by atoms with E-state index in [0.29, 0.717) is 25.4 Å². The second kappa shape index (κ2) is 8.85. The van der Waals surface area contributed by atoms with E-state index in [9.17, 15) is 13.2 Å². The number of benzene rings is 1. The van der Waals surface area contributed by atoms with Crippen LogP contribution in [0.25, 0.3) is 0 Å². The van der Waals surface area contributed by atoms with Crippen LogP contribution < -0.4 is 10.6 Å². The number of nitrogens with two attached hydrogens (primary N) is 1. The van der Waals surface area contributed by atoms with E-state index in [4.69, 9.17) is 20.8 Å². The number of amides is 1. The van der Waals surface area contributed by atoms with Gasteiger partial charge in [-0.1, -0.05) is 11.6 Å². The van der Waals surface area contributed by atoms with Crippen LogP contribution in [0.4, 0.5) is 5.69 Å². The van der Waals surface area contributed by atoms with Crippen LogP contribution in [0.1, 0.15) is 5.76 Å². The SMILES string of the molecule is O=C(C[NH2+]Cc1ccco1)Nc1ccc(Cl)c(S(=O)(=O)N2CCOCC2)c1. The predicted molar refractivity (Wildman–Crippen MR) is 98.9 cm³/mol. The molecule has 10 heteroatoms. The van der Waals surface area contributed by atoms with Crippen molar-refractivity contribution in [3.05, 3.63) is 47.4 Å². The number of furan rings is 1. The molecule has 1 aliphatic rings. The number of hydrogen-bond donors (Lipinski definition) is 2. The number of morpholine rings is 1. The first-order valence-electron chi connectivity index (χ1n) is 8.48. The molecule has 1 aliphatic heterocycles. The van der Waals surface area contributed by atoms with Crippen LogP contribution >= 0.6 is 11.6 Å². The van der Waals surface area contributed by atoms with Gasteiger partial charge in [-0.25, -0.2) is 8.42 Å². The molecule has 1 aromatic carbocycles. The summed E-state index contributed by atoms with van der Waals surface area (Å²) in [6, 6.07) is 8.05. The maximum Gasteiger partial charge on any atom is 0.279 e. The minimum Gasteiger partial charge on any atom is -0.463 e. The molecule has 0 spiro atoms. The Morgan fingerprint density at radius 2 is 2.04 bits per heavy atom. The molecule has 2 heterocycles. The Balaban J connectivity index is 1.64. The number of rotatable bonds is 7. The van der Waals surface area contributed by atoms with E-state index in [1.54, 1.807) is 23.7 Å². The minimum atomic E-state index is -3.75. The van der Waals surface area contributed by atoms with Gasteiger partial charge in [-0.3, -0.25) is 4.79 Å². The van der Waals surface area contributed by atoms with Gasteiger partial charge in [-0.05, 0) is 30.3 Å². The van der Waals surface area contributed by atoms with E-state index in [1.807, 2.05) is 6.07 Å². The van der Waals surface area contributed by atoms with Gasteiger partial charge in [0.1, 0.15) is 11.4 Å². The van der Waals surface area contributed by atoms with Crippen molar-refractivity contribution in [2.75, 3.05) is 38.2 Å². The number of hydrogen-bond acceptors (Lipinski definition) is 5. The van der Waals surface area contributed by atoms with Gasteiger partial charge in [0, 0.05) is 18.8 Å². The summed E-state index contributed by atoms with van der Waals surface area (Å²) in [4.78, 5) is 12.1. The fourth-order valence-electron chi connectivity index (χ4n) is 2.69. The number of carbonyl (C=O) groups excluding carboxylic acids is 1. The van der Waals surface area contributed by atoms with Crippen LogP contribution in [0.3, 0.4) is 0 Å². The summed E-state index contributed by atoms with van der Waals surface area (Å²) >= 11 is 6.11. The maximum absolute atomic E-state index is 12.8. The van der Waals surface area contributed by atoms with Crippen LogP contribution in [-0.4, -0.2) is 51.5 Å². The molecule has 1 aromatic heterocycles. The Hall–Kier alpha value is -1.91. The summed E-state index contributed by atoms with van der Waals surface area (Å²) in [5, 5.41) is 4.60. The molecular formula is C17H21ClN3O5S+. The van der Waals surface area contributed by atoms with Crippen LogP contribution in [0.2, 0.25) is 5.02 Å². The molecule has 0 radical (unpaired) electrons. The topological polar surface area (TPSA) is 105 Å². The summed E-state index contributed by atoms with van der Waals surface area (Å²) < 4.78 is 37.3. The number of carbonyl (C=O) groups is 1. The molecule has 0 unspecified atom stereocenters. The normalized spacial score (nSPS) is 15.6. The van der Waals surface area contributed by atoms with Crippen LogP contribution in [0, 0.1) is 0 Å². The zero-order chi connectivity index (χ0) is 19.3. The van der Waals surface area contributed by atoms with Crippen molar-refractivity contribution < 1.29 is 27.7 Å². The van der Waals surface area contributed by atoms with Crippen molar-refractivity contribution >= 4 is 33.2 Å². The van der Waals surface area contributed by atoms with Crippen molar-refractivity contribution in [3.8, 4) is 0 Å². The summed E-state index contributed by atoms with van der Waals surface area (Å²) in [5.41, 5.74) is 0.377.